The van der Waals surface area contributed by atoms with E-state index in [2.05, 4.69) is 0 Å². The van der Waals surface area contributed by atoms with Crippen molar-refractivity contribution in [3.63, 3.8) is 0 Å². The van der Waals surface area contributed by atoms with Crippen LogP contribution in [0.3, 0.4) is 0 Å². The minimum atomic E-state index is -7.34. The molecule has 0 unspecified atom stereocenters. The van der Waals surface area contributed by atoms with E-state index in [-0.39, 0.29) is 17.5 Å². The molecule has 0 aliphatic rings. The summed E-state index contributed by atoms with van der Waals surface area (Å²) in [6.07, 6.45) is -7.13. The summed E-state index contributed by atoms with van der Waals surface area (Å²) < 4.78 is 140. The minimum Gasteiger partial charge on any atom is -0.199 e. The van der Waals surface area contributed by atoms with E-state index in [0.717, 1.165) is 0 Å². The average molecular weight is 406 g/mol. The third-order valence-corrected chi connectivity index (χ3v) is 4.10. The quantitative estimate of drug-likeness (QED) is 0.499. The molecule has 0 radical (unpaired) electrons. The highest BCUT2D eigenvalue weighted by molar-refractivity contribution is 7.98. The Balaban J connectivity index is 2.96. The van der Waals surface area contributed by atoms with Crippen molar-refractivity contribution in [3.05, 3.63) is 35.9 Å². The number of thioether (sulfide) groups is 1. The van der Waals surface area contributed by atoms with Crippen LogP contribution in [0, 0.1) is 0 Å². The summed E-state index contributed by atoms with van der Waals surface area (Å²) in [5.74, 6) is -29.9. The second-order valence-corrected chi connectivity index (χ2v) is 5.89. The third kappa shape index (κ3) is 3.98. The zero-order valence-corrected chi connectivity index (χ0v) is 12.7. The second-order valence-electron chi connectivity index (χ2n) is 4.90. The highest BCUT2D eigenvalue weighted by Crippen LogP contribution is 2.57. The molecule has 0 fully saturated rings. The topological polar surface area (TPSA) is 0 Å². The van der Waals surface area contributed by atoms with Crippen LogP contribution >= 0.6 is 11.8 Å². The zero-order chi connectivity index (χ0) is 19.7. The molecule has 0 saturated heterocycles. The second kappa shape index (κ2) is 6.84. The first-order valence-electron chi connectivity index (χ1n) is 6.27. The van der Waals surface area contributed by atoms with E-state index in [1.54, 1.807) is 0 Å². The van der Waals surface area contributed by atoms with Crippen LogP contribution in [0.25, 0.3) is 0 Å². The van der Waals surface area contributed by atoms with Gasteiger partial charge in [0.2, 0.25) is 0 Å². The van der Waals surface area contributed by atoms with Gasteiger partial charge in [-0.25, -0.2) is 0 Å². The molecule has 0 aliphatic carbocycles. The maximum absolute atomic E-state index is 13.4. The van der Waals surface area contributed by atoms with Gasteiger partial charge in [0.1, 0.15) is 0 Å². The van der Waals surface area contributed by atoms with Gasteiger partial charge in [-0.1, -0.05) is 30.3 Å². The van der Waals surface area contributed by atoms with Crippen LogP contribution in [-0.2, 0) is 5.75 Å². The van der Waals surface area contributed by atoms with Crippen molar-refractivity contribution in [1.29, 1.82) is 0 Å². The molecule has 0 bridgehead atoms. The van der Waals surface area contributed by atoms with Gasteiger partial charge in [-0.05, 0) is 5.56 Å². The number of hydrogen-bond donors (Lipinski definition) is 0. The predicted molar refractivity (Wildman–Crippen MR) is 68.4 cm³/mol. The fourth-order valence-electron chi connectivity index (χ4n) is 1.57. The maximum Gasteiger partial charge on any atom is 0.460 e. The van der Waals surface area contributed by atoms with Gasteiger partial charge in [-0.2, -0.15) is 60.1 Å². The van der Waals surface area contributed by atoms with E-state index in [1.165, 1.54) is 30.3 Å². The highest BCUT2D eigenvalue weighted by atomic mass is 32.2. The Kier molecular flexibility index (Phi) is 5.98. The number of alkyl halides is 11. The van der Waals surface area contributed by atoms with Gasteiger partial charge >= 0.3 is 29.9 Å². The standard InChI is InChI=1S/C13H9F11S/c14-9(15,7-25-6-8-4-2-1-3-5-8)10(16,17)11(18,19)12(20,21)13(22,23)24/h1-5H,6-7H2. The predicted octanol–water partition coefficient (Wildman–Crippen LogP) is 6.02. The average Bonchev–Trinajstić information content (AvgIpc) is 2.46. The molecular formula is C13H9F11S. The van der Waals surface area contributed by atoms with Crippen molar-refractivity contribution >= 4 is 11.8 Å². The van der Waals surface area contributed by atoms with Gasteiger partial charge in [-0.3, -0.25) is 0 Å². The van der Waals surface area contributed by atoms with E-state index in [9.17, 15) is 48.3 Å². The Hall–Kier alpha value is -1.20. The molecular weight excluding hydrogens is 397 g/mol. The molecule has 0 aromatic heterocycles. The first-order chi connectivity index (χ1) is 11.1. The van der Waals surface area contributed by atoms with Crippen LogP contribution in [0.4, 0.5) is 48.3 Å². The third-order valence-electron chi connectivity index (χ3n) is 3.00. The van der Waals surface area contributed by atoms with Crippen LogP contribution in [0.2, 0.25) is 0 Å². The largest absolute Gasteiger partial charge is 0.460 e. The molecule has 0 spiro atoms. The summed E-state index contributed by atoms with van der Waals surface area (Å²) in [5.41, 5.74) is 0.332. The molecule has 1 aromatic carbocycles. The minimum absolute atomic E-state index is 0.0151. The monoisotopic (exact) mass is 406 g/mol. The van der Waals surface area contributed by atoms with Gasteiger partial charge in [0.05, 0.1) is 5.75 Å². The van der Waals surface area contributed by atoms with E-state index in [1.807, 2.05) is 0 Å². The molecule has 0 aliphatic heterocycles. The summed E-state index contributed by atoms with van der Waals surface area (Å²) in [4.78, 5) is 0. The molecule has 0 heterocycles. The summed E-state index contributed by atoms with van der Waals surface area (Å²) >= 11 is -0.0151. The molecule has 12 heteroatoms. The van der Waals surface area contributed by atoms with Gasteiger partial charge in [-0.15, -0.1) is 0 Å². The van der Waals surface area contributed by atoms with Crippen molar-refractivity contribution in [3.8, 4) is 0 Å². The number of halogens is 11. The highest BCUT2D eigenvalue weighted by Gasteiger charge is 2.86. The Morgan fingerprint density at radius 1 is 0.640 bits per heavy atom. The van der Waals surface area contributed by atoms with Crippen molar-refractivity contribution < 1.29 is 48.3 Å². The molecule has 0 atom stereocenters. The van der Waals surface area contributed by atoms with E-state index in [4.69, 9.17) is 0 Å². The Morgan fingerprint density at radius 2 is 1.12 bits per heavy atom. The molecule has 0 nitrogen and oxygen atoms in total. The van der Waals surface area contributed by atoms with Crippen molar-refractivity contribution in [1.82, 2.24) is 0 Å². The lowest BCUT2D eigenvalue weighted by molar-refractivity contribution is -0.419. The lowest BCUT2D eigenvalue weighted by Gasteiger charge is -2.37. The molecule has 0 saturated carbocycles. The van der Waals surface area contributed by atoms with Crippen LogP contribution in [0.1, 0.15) is 5.56 Å². The van der Waals surface area contributed by atoms with Gasteiger partial charge in [0.15, 0.2) is 0 Å². The summed E-state index contributed by atoms with van der Waals surface area (Å²) in [6.45, 7) is 0. The van der Waals surface area contributed by atoms with Crippen LogP contribution in [0.5, 0.6) is 0 Å². The number of benzene rings is 1. The van der Waals surface area contributed by atoms with Crippen molar-refractivity contribution in [2.45, 2.75) is 35.6 Å². The summed E-state index contributed by atoms with van der Waals surface area (Å²) in [5, 5.41) is 0. The normalized spacial score (nSPS) is 14.7. The van der Waals surface area contributed by atoms with Gasteiger partial charge in [0, 0.05) is 5.75 Å². The molecule has 1 rings (SSSR count). The van der Waals surface area contributed by atoms with E-state index < -0.39 is 35.6 Å². The number of rotatable bonds is 7. The van der Waals surface area contributed by atoms with Crippen LogP contribution in [0.15, 0.2) is 30.3 Å². The Labute approximate surface area is 138 Å². The maximum atomic E-state index is 13.4. The summed E-state index contributed by atoms with van der Waals surface area (Å²) in [7, 11) is 0. The fraction of sp³-hybridized carbons (Fsp3) is 0.538. The molecule has 1 aromatic rings. The number of hydrogen-bond acceptors (Lipinski definition) is 1. The van der Waals surface area contributed by atoms with Gasteiger partial charge in [0.25, 0.3) is 0 Å². The lowest BCUT2D eigenvalue weighted by Crippen LogP contribution is -2.66. The molecule has 25 heavy (non-hydrogen) atoms. The molecule has 144 valence electrons. The first kappa shape index (κ1) is 21.8. The van der Waals surface area contributed by atoms with Gasteiger partial charge < -0.3 is 0 Å². The summed E-state index contributed by atoms with van der Waals surface area (Å²) in [6, 6.07) is 7.23. The van der Waals surface area contributed by atoms with Crippen LogP contribution in [-0.4, -0.2) is 35.6 Å². The van der Waals surface area contributed by atoms with E-state index in [0.29, 0.717) is 5.56 Å². The van der Waals surface area contributed by atoms with Crippen molar-refractivity contribution in [2.75, 3.05) is 5.75 Å². The first-order valence-corrected chi connectivity index (χ1v) is 7.43. The van der Waals surface area contributed by atoms with Crippen LogP contribution < -0.4 is 0 Å². The Bertz CT molecular complexity index is 565. The van der Waals surface area contributed by atoms with Crippen molar-refractivity contribution in [2.24, 2.45) is 0 Å². The van der Waals surface area contributed by atoms with E-state index >= 15 is 0 Å². The molecule has 0 N–H and O–H groups in total. The lowest BCUT2D eigenvalue weighted by atomic mass is 9.99. The fourth-order valence-corrected chi connectivity index (χ4v) is 2.53. The zero-order valence-electron chi connectivity index (χ0n) is 11.9. The molecule has 0 amide bonds. The smallest absolute Gasteiger partial charge is 0.199 e. The SMILES string of the molecule is FC(F)(F)C(F)(F)C(F)(F)C(F)(F)C(F)(F)CSCc1ccccc1. The Morgan fingerprint density at radius 3 is 1.56 bits per heavy atom.